The number of nitro groups is 1. The van der Waals surface area contributed by atoms with Crippen LogP contribution in [0.4, 0.5) is 11.4 Å². The highest BCUT2D eigenvalue weighted by Crippen LogP contribution is 2.28. The number of anilines is 1. The van der Waals surface area contributed by atoms with E-state index in [-0.39, 0.29) is 17.4 Å². The summed E-state index contributed by atoms with van der Waals surface area (Å²) in [6.45, 7) is 5.92. The fourth-order valence-electron chi connectivity index (χ4n) is 2.91. The zero-order valence-corrected chi connectivity index (χ0v) is 16.3. The van der Waals surface area contributed by atoms with Crippen LogP contribution in [0.1, 0.15) is 43.5 Å². The summed E-state index contributed by atoms with van der Waals surface area (Å²) in [5.74, 6) is -1.17. The minimum Gasteiger partial charge on any atom is -0.452 e. The normalized spacial score (nSPS) is 13.6. The van der Waals surface area contributed by atoms with Crippen molar-refractivity contribution in [2.75, 3.05) is 37.7 Å². The van der Waals surface area contributed by atoms with Crippen molar-refractivity contribution in [2.45, 2.75) is 39.2 Å². The van der Waals surface area contributed by atoms with Crippen molar-refractivity contribution in [3.05, 3.63) is 33.9 Å². The molecule has 0 atom stereocenters. The number of hydrogen-bond acceptors (Lipinski definition) is 7. The molecule has 0 radical (unpaired) electrons. The number of nitro benzene ring substituents is 1. The van der Waals surface area contributed by atoms with Crippen LogP contribution in [0.25, 0.3) is 0 Å². The number of ether oxygens (including phenoxy) is 2. The first-order valence-electron chi connectivity index (χ1n) is 9.47. The third-order valence-electron chi connectivity index (χ3n) is 4.29. The molecule has 1 aliphatic rings. The summed E-state index contributed by atoms with van der Waals surface area (Å²) in [6, 6.07) is 4.14. The van der Waals surface area contributed by atoms with E-state index in [1.54, 1.807) is 6.07 Å². The molecule has 2 rings (SSSR count). The molecule has 0 saturated carbocycles. The molecule has 28 heavy (non-hydrogen) atoms. The average molecular weight is 393 g/mol. The van der Waals surface area contributed by atoms with Crippen molar-refractivity contribution in [3.63, 3.8) is 0 Å². The van der Waals surface area contributed by atoms with Crippen LogP contribution in [0.2, 0.25) is 0 Å². The number of rotatable bonds is 10. The van der Waals surface area contributed by atoms with Gasteiger partial charge in [0.15, 0.2) is 6.61 Å². The maximum absolute atomic E-state index is 12.5. The Bertz CT molecular complexity index is 701. The Balaban J connectivity index is 1.92. The van der Waals surface area contributed by atoms with Crippen LogP contribution in [-0.2, 0) is 14.3 Å². The van der Waals surface area contributed by atoms with Crippen molar-refractivity contribution in [3.8, 4) is 0 Å². The van der Waals surface area contributed by atoms with Gasteiger partial charge in [-0.05, 0) is 39.2 Å². The van der Waals surface area contributed by atoms with E-state index in [4.69, 9.17) is 9.47 Å². The van der Waals surface area contributed by atoms with Crippen LogP contribution in [0, 0.1) is 10.1 Å². The lowest BCUT2D eigenvalue weighted by Gasteiger charge is -2.20. The predicted octanol–water partition coefficient (Wildman–Crippen LogP) is 2.28. The summed E-state index contributed by atoms with van der Waals surface area (Å²) in [5.41, 5.74) is 0.512. The molecule has 0 aliphatic carbocycles. The quantitative estimate of drug-likeness (QED) is 0.281. The van der Waals surface area contributed by atoms with Crippen molar-refractivity contribution in [2.24, 2.45) is 0 Å². The third kappa shape index (κ3) is 6.49. The number of nitrogens with zero attached hydrogens (tertiary/aromatic N) is 2. The van der Waals surface area contributed by atoms with Gasteiger partial charge in [0.05, 0.1) is 22.3 Å². The van der Waals surface area contributed by atoms with Gasteiger partial charge in [-0.2, -0.15) is 0 Å². The second-order valence-electron chi connectivity index (χ2n) is 6.85. The molecule has 1 fully saturated rings. The van der Waals surface area contributed by atoms with E-state index >= 15 is 0 Å². The highest BCUT2D eigenvalue weighted by molar-refractivity contribution is 5.97. The first kappa shape index (κ1) is 21.6. The van der Waals surface area contributed by atoms with Gasteiger partial charge in [0.25, 0.3) is 11.6 Å². The van der Waals surface area contributed by atoms with Gasteiger partial charge >= 0.3 is 5.97 Å². The minimum atomic E-state index is -0.746. The third-order valence-corrected chi connectivity index (χ3v) is 4.29. The molecule has 1 aliphatic heterocycles. The van der Waals surface area contributed by atoms with Gasteiger partial charge in [0.2, 0.25) is 0 Å². The van der Waals surface area contributed by atoms with Gasteiger partial charge in [-0.3, -0.25) is 14.9 Å². The van der Waals surface area contributed by atoms with Crippen LogP contribution in [0.15, 0.2) is 18.2 Å². The van der Waals surface area contributed by atoms with Gasteiger partial charge in [-0.15, -0.1) is 0 Å². The zero-order chi connectivity index (χ0) is 20.5. The van der Waals surface area contributed by atoms with Crippen LogP contribution in [-0.4, -0.2) is 55.8 Å². The average Bonchev–Trinajstić information content (AvgIpc) is 3.19. The molecule has 1 heterocycles. The number of carbonyl (C=O) groups excluding carboxylic acids is 2. The van der Waals surface area contributed by atoms with Gasteiger partial charge in [-0.25, -0.2) is 4.79 Å². The lowest BCUT2D eigenvalue weighted by atomic mass is 10.1. The van der Waals surface area contributed by atoms with Gasteiger partial charge in [0, 0.05) is 38.4 Å². The van der Waals surface area contributed by atoms with Gasteiger partial charge in [-0.1, -0.05) is 0 Å². The molecule has 0 spiro atoms. The maximum Gasteiger partial charge on any atom is 0.341 e. The molecule has 1 amide bonds. The highest BCUT2D eigenvalue weighted by atomic mass is 16.6. The second kappa shape index (κ2) is 10.6. The van der Waals surface area contributed by atoms with E-state index < -0.39 is 23.4 Å². The Morgan fingerprint density at radius 1 is 1.29 bits per heavy atom. The first-order chi connectivity index (χ1) is 13.4. The van der Waals surface area contributed by atoms with Crippen molar-refractivity contribution in [1.29, 1.82) is 0 Å². The largest absolute Gasteiger partial charge is 0.452 e. The molecular formula is C19H27N3O6. The Morgan fingerprint density at radius 2 is 2.00 bits per heavy atom. The van der Waals surface area contributed by atoms with E-state index in [0.717, 1.165) is 25.9 Å². The number of nitrogens with one attached hydrogen (secondary N) is 1. The predicted molar refractivity (Wildman–Crippen MR) is 104 cm³/mol. The fourth-order valence-corrected chi connectivity index (χ4v) is 2.91. The lowest BCUT2D eigenvalue weighted by Crippen LogP contribution is -2.30. The highest BCUT2D eigenvalue weighted by Gasteiger charge is 2.24. The van der Waals surface area contributed by atoms with E-state index in [2.05, 4.69) is 5.32 Å². The number of amides is 1. The minimum absolute atomic E-state index is 0.106. The molecule has 0 unspecified atom stereocenters. The molecule has 1 N–H and O–H groups in total. The van der Waals surface area contributed by atoms with Crippen molar-refractivity contribution in [1.82, 2.24) is 5.32 Å². The second-order valence-corrected chi connectivity index (χ2v) is 6.85. The Kier molecular flexibility index (Phi) is 8.19. The van der Waals surface area contributed by atoms with Crippen molar-refractivity contribution < 1.29 is 24.0 Å². The van der Waals surface area contributed by atoms with Gasteiger partial charge < -0.3 is 19.7 Å². The molecule has 9 heteroatoms. The monoisotopic (exact) mass is 393 g/mol. The number of hydrogen-bond donors (Lipinski definition) is 1. The van der Waals surface area contributed by atoms with Crippen LogP contribution in [0.3, 0.4) is 0 Å². The molecular weight excluding hydrogens is 366 g/mol. The lowest BCUT2D eigenvalue weighted by molar-refractivity contribution is -0.384. The number of benzene rings is 1. The Labute approximate surface area is 164 Å². The number of esters is 1. The molecule has 154 valence electrons. The molecule has 9 nitrogen and oxygen atoms in total. The first-order valence-corrected chi connectivity index (χ1v) is 9.47. The van der Waals surface area contributed by atoms with Crippen molar-refractivity contribution >= 4 is 23.3 Å². The van der Waals surface area contributed by atoms with Crippen LogP contribution in [0.5, 0.6) is 0 Å². The summed E-state index contributed by atoms with van der Waals surface area (Å²) in [7, 11) is 0. The summed E-state index contributed by atoms with van der Waals surface area (Å²) < 4.78 is 10.5. The Morgan fingerprint density at radius 3 is 2.64 bits per heavy atom. The molecule has 0 aromatic heterocycles. The topological polar surface area (TPSA) is 111 Å². The van der Waals surface area contributed by atoms with Gasteiger partial charge in [0.1, 0.15) is 0 Å². The SMILES string of the molecule is CC(C)OCCCNC(=O)COC(=O)c1cc([N+](=O)[O-])ccc1N1CCCC1. The summed E-state index contributed by atoms with van der Waals surface area (Å²) in [4.78, 5) is 36.8. The Hall–Kier alpha value is -2.68. The molecule has 1 saturated heterocycles. The summed E-state index contributed by atoms with van der Waals surface area (Å²) >= 11 is 0. The molecule has 1 aromatic carbocycles. The molecule has 0 bridgehead atoms. The van der Waals surface area contributed by atoms with E-state index in [1.807, 2.05) is 18.7 Å². The maximum atomic E-state index is 12.5. The van der Waals surface area contributed by atoms with E-state index in [9.17, 15) is 19.7 Å². The number of non-ortho nitro benzene ring substituents is 1. The number of carbonyl (C=O) groups is 2. The smallest absolute Gasteiger partial charge is 0.341 e. The fraction of sp³-hybridized carbons (Fsp3) is 0.579. The standard InChI is InChI=1S/C19H27N3O6/c1-14(2)27-11-5-8-20-18(23)13-28-19(24)16-12-15(22(25)26)6-7-17(16)21-9-3-4-10-21/h6-7,12,14H,3-5,8-11,13H2,1-2H3,(H,20,23). The van der Waals surface area contributed by atoms with E-state index in [1.165, 1.54) is 12.1 Å². The summed E-state index contributed by atoms with van der Waals surface area (Å²) in [5, 5.41) is 13.7. The van der Waals surface area contributed by atoms with Crippen LogP contribution >= 0.6 is 0 Å². The van der Waals surface area contributed by atoms with E-state index in [0.29, 0.717) is 25.3 Å². The van der Waals surface area contributed by atoms with Crippen LogP contribution < -0.4 is 10.2 Å². The zero-order valence-electron chi connectivity index (χ0n) is 16.3. The molecule has 1 aromatic rings. The summed E-state index contributed by atoms with van der Waals surface area (Å²) in [6.07, 6.45) is 2.78.